The summed E-state index contributed by atoms with van der Waals surface area (Å²) in [5.74, 6) is 0.0982. The maximum Gasteiger partial charge on any atom is 0.306 e. The maximum absolute atomic E-state index is 15.1. The molecule has 1 saturated heterocycles. The zero-order valence-electron chi connectivity index (χ0n) is 25.0. The Morgan fingerprint density at radius 2 is 1.83 bits per heavy atom. The Labute approximate surface area is 247 Å². The summed E-state index contributed by atoms with van der Waals surface area (Å²) in [6.07, 6.45) is 7.29. The smallest absolute Gasteiger partial charge is 0.306 e. The number of aromatic nitrogens is 1. The fourth-order valence-corrected chi connectivity index (χ4v) is 7.11. The van der Waals surface area contributed by atoms with E-state index < -0.39 is 11.9 Å². The Morgan fingerprint density at radius 1 is 1.07 bits per heavy atom. The Hall–Kier alpha value is -3.45. The number of carboxylic acid groups (broad SMARTS) is 1. The number of rotatable bonds is 9. The molecule has 5 atom stereocenters. The summed E-state index contributed by atoms with van der Waals surface area (Å²) in [5, 5.41) is 9.76. The second-order valence-electron chi connectivity index (χ2n) is 12.6. The molecule has 42 heavy (non-hydrogen) atoms. The lowest BCUT2D eigenvalue weighted by atomic mass is 9.82. The lowest BCUT2D eigenvalue weighted by molar-refractivity contribution is -0.142. The molecule has 7 heteroatoms. The molecule has 1 aliphatic carbocycles. The van der Waals surface area contributed by atoms with E-state index in [1.165, 1.54) is 6.20 Å². The number of carboxylic acids is 1. The molecule has 0 amide bonds. The van der Waals surface area contributed by atoms with Crippen molar-refractivity contribution < 1.29 is 23.8 Å². The first-order chi connectivity index (χ1) is 20.2. The number of fused-ring (bicyclic) bond motifs is 1. The third-order valence-corrected chi connectivity index (χ3v) is 9.80. The van der Waals surface area contributed by atoms with Crippen molar-refractivity contribution in [2.45, 2.75) is 89.9 Å². The molecule has 6 rings (SSSR count). The minimum Gasteiger partial charge on any atom is -0.485 e. The molecule has 2 fully saturated rings. The maximum atomic E-state index is 15.1. The van der Waals surface area contributed by atoms with Crippen molar-refractivity contribution in [3.8, 4) is 22.8 Å². The van der Waals surface area contributed by atoms with Crippen molar-refractivity contribution >= 4 is 5.97 Å². The number of aliphatic carboxylic acids is 1. The molecule has 2 aliphatic heterocycles. The Balaban J connectivity index is 1.33. The van der Waals surface area contributed by atoms with E-state index in [0.29, 0.717) is 29.4 Å². The highest BCUT2D eigenvalue weighted by molar-refractivity contribution is 5.71. The molecule has 1 saturated carbocycles. The highest BCUT2D eigenvalue weighted by Gasteiger charge is 2.39. The van der Waals surface area contributed by atoms with Crippen molar-refractivity contribution in [2.75, 3.05) is 7.11 Å². The molecular weight excluding hydrogens is 531 g/mol. The lowest BCUT2D eigenvalue weighted by Crippen LogP contribution is -2.32. The van der Waals surface area contributed by atoms with Gasteiger partial charge in [0, 0.05) is 30.3 Å². The summed E-state index contributed by atoms with van der Waals surface area (Å²) in [4.78, 5) is 18.4. The minimum atomic E-state index is -0.749. The Kier molecular flexibility index (Phi) is 7.97. The van der Waals surface area contributed by atoms with Crippen LogP contribution in [0.1, 0.15) is 87.2 Å². The number of likely N-dealkylation sites (tertiary alicyclic amines) is 1. The minimum absolute atomic E-state index is 0.000599. The van der Waals surface area contributed by atoms with Crippen molar-refractivity contribution in [3.63, 3.8) is 0 Å². The van der Waals surface area contributed by atoms with Crippen LogP contribution in [0.3, 0.4) is 0 Å². The first kappa shape index (κ1) is 28.7. The van der Waals surface area contributed by atoms with Crippen LogP contribution in [0.25, 0.3) is 11.1 Å². The fraction of sp³-hybridized carbons (Fsp3) is 0.486. The quantitative estimate of drug-likeness (QED) is 0.285. The number of nitrogens with zero attached hydrogens (tertiary/aromatic N) is 2. The summed E-state index contributed by atoms with van der Waals surface area (Å²) in [5.41, 5.74) is 5.69. The van der Waals surface area contributed by atoms with Crippen LogP contribution in [-0.2, 0) is 17.8 Å². The van der Waals surface area contributed by atoms with E-state index >= 15 is 4.39 Å². The van der Waals surface area contributed by atoms with Crippen LogP contribution >= 0.6 is 0 Å². The molecule has 222 valence electrons. The van der Waals surface area contributed by atoms with Crippen molar-refractivity contribution in [1.29, 1.82) is 0 Å². The van der Waals surface area contributed by atoms with Crippen LogP contribution < -0.4 is 9.47 Å². The molecule has 3 aliphatic rings. The van der Waals surface area contributed by atoms with Crippen LogP contribution in [0.2, 0.25) is 0 Å². The van der Waals surface area contributed by atoms with Gasteiger partial charge in [-0.25, -0.2) is 9.37 Å². The summed E-state index contributed by atoms with van der Waals surface area (Å²) in [6.45, 7) is 7.07. The highest BCUT2D eigenvalue weighted by Crippen LogP contribution is 2.48. The van der Waals surface area contributed by atoms with Gasteiger partial charge in [0.1, 0.15) is 17.7 Å². The summed E-state index contributed by atoms with van der Waals surface area (Å²) in [6, 6.07) is 15.2. The molecule has 1 unspecified atom stereocenters. The average molecular weight is 573 g/mol. The molecule has 0 bridgehead atoms. The SMILES string of the molecule is COc1cc(-c2ccc(C3CCc4ccc([C@H](C5CC5)[C@H](C)C(=O)O)cc4O3)cc2CN2[C@H](C)CC[C@@H]2C)c(F)cn1. The number of methoxy groups -OCH3 is 1. The first-order valence-corrected chi connectivity index (χ1v) is 15.3. The number of pyridine rings is 1. The van der Waals surface area contributed by atoms with Gasteiger partial charge in [0.15, 0.2) is 0 Å². The third-order valence-electron chi connectivity index (χ3n) is 9.80. The largest absolute Gasteiger partial charge is 0.485 e. The van der Waals surface area contributed by atoms with Gasteiger partial charge in [0.05, 0.1) is 19.2 Å². The molecule has 3 aromatic rings. The van der Waals surface area contributed by atoms with E-state index in [9.17, 15) is 9.90 Å². The highest BCUT2D eigenvalue weighted by atomic mass is 19.1. The van der Waals surface area contributed by atoms with Gasteiger partial charge in [0.2, 0.25) is 5.88 Å². The van der Waals surface area contributed by atoms with Gasteiger partial charge in [-0.2, -0.15) is 0 Å². The topological polar surface area (TPSA) is 71.9 Å². The number of hydrogen-bond acceptors (Lipinski definition) is 5. The monoisotopic (exact) mass is 572 g/mol. The molecule has 6 nitrogen and oxygen atoms in total. The summed E-state index contributed by atoms with van der Waals surface area (Å²) < 4.78 is 27.1. The second-order valence-corrected chi connectivity index (χ2v) is 12.6. The molecule has 1 N–H and O–H groups in total. The number of benzene rings is 2. The first-order valence-electron chi connectivity index (χ1n) is 15.3. The lowest BCUT2D eigenvalue weighted by Gasteiger charge is -2.30. The van der Waals surface area contributed by atoms with Crippen LogP contribution in [0.5, 0.6) is 11.6 Å². The predicted octanol–water partition coefficient (Wildman–Crippen LogP) is 7.55. The summed E-state index contributed by atoms with van der Waals surface area (Å²) >= 11 is 0. The Bertz CT molecular complexity index is 1460. The summed E-state index contributed by atoms with van der Waals surface area (Å²) in [7, 11) is 1.54. The number of halogens is 1. The van der Waals surface area contributed by atoms with Crippen LogP contribution in [0, 0.1) is 17.7 Å². The number of ether oxygens (including phenoxy) is 2. The predicted molar refractivity (Wildman–Crippen MR) is 160 cm³/mol. The van der Waals surface area contributed by atoms with E-state index in [1.54, 1.807) is 13.2 Å². The van der Waals surface area contributed by atoms with Crippen molar-refractivity contribution in [3.05, 3.63) is 76.7 Å². The van der Waals surface area contributed by atoms with Gasteiger partial charge in [-0.15, -0.1) is 0 Å². The Morgan fingerprint density at radius 3 is 2.52 bits per heavy atom. The van der Waals surface area contributed by atoms with E-state index in [-0.39, 0.29) is 17.8 Å². The molecule has 0 spiro atoms. The van der Waals surface area contributed by atoms with Gasteiger partial charge in [-0.1, -0.05) is 37.3 Å². The number of aryl methyl sites for hydroxylation is 1. The van der Waals surface area contributed by atoms with Crippen LogP contribution in [0.4, 0.5) is 4.39 Å². The second kappa shape index (κ2) is 11.7. The normalized spacial score (nSPS) is 23.6. The van der Waals surface area contributed by atoms with Gasteiger partial charge in [0.25, 0.3) is 0 Å². The molecule has 2 aromatic carbocycles. The molecule has 0 radical (unpaired) electrons. The van der Waals surface area contributed by atoms with E-state index in [1.807, 2.05) is 13.0 Å². The standard InChI is InChI=1S/C35H41FN2O4/c1-20-5-6-21(2)38(20)19-27-15-25(11-13-28(27)29-17-33(41-4)37-18-30(29)36)31-14-12-23-7-10-26(16-32(23)42-31)34(24-8-9-24)22(3)35(39)40/h7,10-11,13,15-18,20-22,24,31,34H,5-6,8-9,12,14,19H2,1-4H3,(H,39,40)/t20-,21+,22-,31?,34-/m0/s1. The fourth-order valence-electron chi connectivity index (χ4n) is 7.11. The molecule has 3 heterocycles. The van der Waals surface area contributed by atoms with E-state index in [0.717, 1.165) is 78.6 Å². The molecule has 1 aromatic heterocycles. The zero-order chi connectivity index (χ0) is 29.5. The number of carbonyl (C=O) groups is 1. The molecular formula is C35H41FN2O4. The number of hydrogen-bond donors (Lipinski definition) is 1. The van der Waals surface area contributed by atoms with Crippen molar-refractivity contribution in [2.24, 2.45) is 11.8 Å². The van der Waals surface area contributed by atoms with Crippen molar-refractivity contribution in [1.82, 2.24) is 9.88 Å². The average Bonchev–Trinajstić information content (AvgIpc) is 3.78. The van der Waals surface area contributed by atoms with Gasteiger partial charge in [-0.3, -0.25) is 9.69 Å². The van der Waals surface area contributed by atoms with Gasteiger partial charge < -0.3 is 14.6 Å². The zero-order valence-corrected chi connectivity index (χ0v) is 25.0. The van der Waals surface area contributed by atoms with Gasteiger partial charge in [-0.05, 0) is 98.1 Å². The van der Waals surface area contributed by atoms with Gasteiger partial charge >= 0.3 is 5.97 Å². The van der Waals surface area contributed by atoms with E-state index in [2.05, 4.69) is 54.1 Å². The van der Waals surface area contributed by atoms with Crippen LogP contribution in [0.15, 0.2) is 48.7 Å². The van der Waals surface area contributed by atoms with Crippen LogP contribution in [-0.4, -0.2) is 40.2 Å². The third kappa shape index (κ3) is 5.63. The van der Waals surface area contributed by atoms with E-state index in [4.69, 9.17) is 9.47 Å².